The summed E-state index contributed by atoms with van der Waals surface area (Å²) in [6, 6.07) is 4.50. The van der Waals surface area contributed by atoms with Gasteiger partial charge in [-0.15, -0.1) is 0 Å². The van der Waals surface area contributed by atoms with Crippen LogP contribution in [0.15, 0.2) is 18.2 Å². The van der Waals surface area contributed by atoms with Crippen LogP contribution in [0.3, 0.4) is 0 Å². The van der Waals surface area contributed by atoms with Gasteiger partial charge in [-0.25, -0.2) is 0 Å². The van der Waals surface area contributed by atoms with Crippen LogP contribution in [0.2, 0.25) is 5.02 Å². The van der Waals surface area contributed by atoms with Crippen LogP contribution in [0.25, 0.3) is 0 Å². The molecule has 1 aliphatic rings. The lowest BCUT2D eigenvalue weighted by Crippen LogP contribution is -2.41. The number of morpholine rings is 1. The second-order valence-electron chi connectivity index (χ2n) is 4.78. The minimum absolute atomic E-state index is 0.0917. The average molecular weight is 337 g/mol. The summed E-state index contributed by atoms with van der Waals surface area (Å²) in [5.41, 5.74) is 0.857. The third-order valence-electron chi connectivity index (χ3n) is 3.40. The number of halogens is 4. The largest absolute Gasteiger partial charge is 0.471 e. The van der Waals surface area contributed by atoms with E-state index < -0.39 is 12.1 Å². The zero-order valence-corrected chi connectivity index (χ0v) is 12.7. The van der Waals surface area contributed by atoms with Crippen molar-refractivity contribution in [3.63, 3.8) is 0 Å². The molecule has 0 aromatic heterocycles. The third-order valence-corrected chi connectivity index (χ3v) is 3.70. The van der Waals surface area contributed by atoms with Gasteiger partial charge in [0, 0.05) is 25.3 Å². The van der Waals surface area contributed by atoms with Crippen molar-refractivity contribution in [2.75, 3.05) is 42.6 Å². The molecule has 0 unspecified atom stereocenters. The summed E-state index contributed by atoms with van der Waals surface area (Å²) in [6.07, 6.45) is -4.91. The van der Waals surface area contributed by atoms with Crippen molar-refractivity contribution in [1.29, 1.82) is 0 Å². The minimum atomic E-state index is -4.91. The Bertz CT molecular complexity index is 545. The first-order chi connectivity index (χ1) is 10.3. The molecule has 0 radical (unpaired) electrons. The maximum Gasteiger partial charge on any atom is 0.471 e. The molecule has 0 aliphatic carbocycles. The van der Waals surface area contributed by atoms with Crippen LogP contribution in [-0.4, -0.2) is 44.9 Å². The summed E-state index contributed by atoms with van der Waals surface area (Å²) in [5.74, 6) is -1.90. The summed E-state index contributed by atoms with van der Waals surface area (Å²) >= 11 is 6.18. The average Bonchev–Trinajstić information content (AvgIpc) is 2.48. The molecule has 122 valence electrons. The number of ether oxygens (including phenoxy) is 1. The lowest BCUT2D eigenvalue weighted by molar-refractivity contribution is -0.170. The number of hydrogen-bond acceptors (Lipinski definition) is 3. The molecular formula is C14H16ClF3N2O2. The maximum atomic E-state index is 12.6. The first-order valence-electron chi connectivity index (χ1n) is 6.85. The van der Waals surface area contributed by atoms with Gasteiger partial charge in [-0.05, 0) is 25.1 Å². The van der Waals surface area contributed by atoms with E-state index >= 15 is 0 Å². The van der Waals surface area contributed by atoms with Gasteiger partial charge < -0.3 is 14.5 Å². The molecule has 2 rings (SSSR count). The summed E-state index contributed by atoms with van der Waals surface area (Å²) in [7, 11) is 0. The van der Waals surface area contributed by atoms with Crippen LogP contribution in [0.5, 0.6) is 0 Å². The molecule has 1 aromatic rings. The fourth-order valence-corrected chi connectivity index (χ4v) is 2.62. The van der Waals surface area contributed by atoms with Crippen LogP contribution < -0.4 is 9.80 Å². The molecule has 1 fully saturated rings. The number of benzene rings is 1. The van der Waals surface area contributed by atoms with E-state index in [9.17, 15) is 18.0 Å². The molecule has 1 aliphatic heterocycles. The second kappa shape index (κ2) is 6.75. The molecule has 0 saturated carbocycles. The number of nitrogens with zero attached hydrogens (tertiary/aromatic N) is 2. The molecule has 1 saturated heterocycles. The Labute approximate surface area is 131 Å². The Morgan fingerprint density at radius 2 is 2.00 bits per heavy atom. The first-order valence-corrected chi connectivity index (χ1v) is 7.23. The highest BCUT2D eigenvalue weighted by Gasteiger charge is 2.42. The number of hydrogen-bond donors (Lipinski definition) is 0. The molecule has 1 aromatic carbocycles. The maximum absolute atomic E-state index is 12.6. The molecule has 1 amide bonds. The van der Waals surface area contributed by atoms with Gasteiger partial charge in [0.1, 0.15) is 0 Å². The van der Waals surface area contributed by atoms with Gasteiger partial charge >= 0.3 is 12.1 Å². The van der Waals surface area contributed by atoms with Crippen molar-refractivity contribution < 1.29 is 22.7 Å². The molecule has 22 heavy (non-hydrogen) atoms. The van der Waals surface area contributed by atoms with Crippen molar-refractivity contribution in [1.82, 2.24) is 0 Å². The normalized spacial score (nSPS) is 15.8. The number of anilines is 2. The molecule has 4 nitrogen and oxygen atoms in total. The van der Waals surface area contributed by atoms with Crippen molar-refractivity contribution >= 4 is 28.9 Å². The molecule has 1 heterocycles. The number of rotatable bonds is 3. The van der Waals surface area contributed by atoms with Crippen molar-refractivity contribution in [2.45, 2.75) is 13.1 Å². The highest BCUT2D eigenvalue weighted by molar-refractivity contribution is 6.33. The van der Waals surface area contributed by atoms with Gasteiger partial charge in [-0.1, -0.05) is 11.6 Å². The quantitative estimate of drug-likeness (QED) is 0.850. The monoisotopic (exact) mass is 336 g/mol. The fourth-order valence-electron chi connectivity index (χ4n) is 2.32. The van der Waals surface area contributed by atoms with Gasteiger partial charge in [-0.2, -0.15) is 13.2 Å². The van der Waals surface area contributed by atoms with Gasteiger partial charge in [0.2, 0.25) is 0 Å². The number of amides is 1. The summed E-state index contributed by atoms with van der Waals surface area (Å²) in [6.45, 7) is 3.87. The van der Waals surface area contributed by atoms with Gasteiger partial charge in [-0.3, -0.25) is 4.79 Å². The number of alkyl halides is 3. The van der Waals surface area contributed by atoms with Crippen molar-refractivity contribution in [3.05, 3.63) is 23.2 Å². The Morgan fingerprint density at radius 1 is 1.36 bits per heavy atom. The van der Waals surface area contributed by atoms with E-state index in [4.69, 9.17) is 16.3 Å². The Hall–Kier alpha value is -1.47. The Kier molecular flexibility index (Phi) is 5.18. The summed E-state index contributed by atoms with van der Waals surface area (Å²) in [5, 5.41) is 0.313. The zero-order chi connectivity index (χ0) is 16.3. The van der Waals surface area contributed by atoms with Gasteiger partial charge in [0.05, 0.1) is 23.9 Å². The predicted molar refractivity (Wildman–Crippen MR) is 78.6 cm³/mol. The molecule has 0 N–H and O–H groups in total. The molecule has 0 bridgehead atoms. The van der Waals surface area contributed by atoms with Crippen LogP contribution in [0, 0.1) is 0 Å². The van der Waals surface area contributed by atoms with E-state index in [0.29, 0.717) is 36.2 Å². The van der Waals surface area contributed by atoms with Crippen LogP contribution >= 0.6 is 11.6 Å². The standard InChI is InChI=1S/C14H16ClF3N2O2/c1-2-20(13(21)14(16,17)18)10-3-4-12(11(15)9-10)19-5-7-22-8-6-19/h3-4,9H,2,5-8H2,1H3. The summed E-state index contributed by atoms with van der Waals surface area (Å²) < 4.78 is 43.0. The van der Waals surface area contributed by atoms with E-state index in [0.717, 1.165) is 5.69 Å². The molecule has 0 atom stereocenters. The van der Waals surface area contributed by atoms with Gasteiger partial charge in [0.15, 0.2) is 0 Å². The van der Waals surface area contributed by atoms with Crippen LogP contribution in [-0.2, 0) is 9.53 Å². The van der Waals surface area contributed by atoms with Crippen molar-refractivity contribution in [3.8, 4) is 0 Å². The van der Waals surface area contributed by atoms with Crippen molar-refractivity contribution in [2.24, 2.45) is 0 Å². The Morgan fingerprint density at radius 3 is 2.50 bits per heavy atom. The molecule has 0 spiro atoms. The van der Waals surface area contributed by atoms with Crippen LogP contribution in [0.4, 0.5) is 24.5 Å². The van der Waals surface area contributed by atoms with E-state index in [1.807, 2.05) is 4.90 Å². The molecule has 8 heteroatoms. The highest BCUT2D eigenvalue weighted by Crippen LogP contribution is 2.32. The van der Waals surface area contributed by atoms with Gasteiger partial charge in [0.25, 0.3) is 0 Å². The minimum Gasteiger partial charge on any atom is -0.378 e. The second-order valence-corrected chi connectivity index (χ2v) is 5.19. The number of carbonyl (C=O) groups excluding carboxylic acids is 1. The highest BCUT2D eigenvalue weighted by atomic mass is 35.5. The topological polar surface area (TPSA) is 32.8 Å². The SMILES string of the molecule is CCN(C(=O)C(F)(F)F)c1ccc(N2CCOCC2)c(Cl)c1. The van der Waals surface area contributed by atoms with E-state index in [1.165, 1.54) is 19.1 Å². The smallest absolute Gasteiger partial charge is 0.378 e. The Balaban J connectivity index is 2.25. The van der Waals surface area contributed by atoms with Crippen LogP contribution in [0.1, 0.15) is 6.92 Å². The predicted octanol–water partition coefficient (Wildman–Crippen LogP) is 3.09. The van der Waals surface area contributed by atoms with E-state index in [2.05, 4.69) is 0 Å². The van der Waals surface area contributed by atoms with E-state index in [1.54, 1.807) is 6.07 Å². The third kappa shape index (κ3) is 3.64. The zero-order valence-electron chi connectivity index (χ0n) is 12.0. The lowest BCUT2D eigenvalue weighted by atomic mass is 10.2. The number of carbonyl (C=O) groups is 1. The fraction of sp³-hybridized carbons (Fsp3) is 0.500. The summed E-state index contributed by atoms with van der Waals surface area (Å²) in [4.78, 5) is 14.1. The molecular weight excluding hydrogens is 321 g/mol. The van der Waals surface area contributed by atoms with E-state index in [-0.39, 0.29) is 12.2 Å². The first kappa shape index (κ1) is 16.9. The lowest BCUT2D eigenvalue weighted by Gasteiger charge is -2.30.